The zero-order valence-electron chi connectivity index (χ0n) is 20.5. The standard InChI is InChI=1S/C32H27N3OS/c36-29(34-22-12-18-24-13-10-11-21-28(24)34)23-37-32-33-30(25-14-4-1-5-15-25)31(26-16-6-2-7-17-26)35(32)27-19-8-3-9-20-27/h1-11,13-17,19-21H,12,18,22-23H2. The van der Waals surface area contributed by atoms with Crippen LogP contribution in [0, 0.1) is 0 Å². The molecule has 0 N–H and O–H groups in total. The molecule has 1 aromatic heterocycles. The van der Waals surface area contributed by atoms with Crippen LogP contribution in [-0.2, 0) is 11.2 Å². The van der Waals surface area contributed by atoms with Crippen LogP contribution in [0.2, 0.25) is 0 Å². The van der Waals surface area contributed by atoms with Gasteiger partial charge in [0.25, 0.3) is 0 Å². The van der Waals surface area contributed by atoms with E-state index in [4.69, 9.17) is 4.98 Å². The second-order valence-corrected chi connectivity index (χ2v) is 10.0. The third-order valence-corrected chi connectivity index (χ3v) is 7.61. The van der Waals surface area contributed by atoms with E-state index < -0.39 is 0 Å². The molecule has 37 heavy (non-hydrogen) atoms. The quantitative estimate of drug-likeness (QED) is 0.230. The molecule has 0 bridgehead atoms. The molecule has 1 amide bonds. The molecule has 4 aromatic carbocycles. The zero-order valence-corrected chi connectivity index (χ0v) is 21.3. The molecule has 0 fully saturated rings. The van der Waals surface area contributed by atoms with Crippen molar-refractivity contribution >= 4 is 23.4 Å². The fourth-order valence-electron chi connectivity index (χ4n) is 4.97. The number of nitrogens with zero attached hydrogens (tertiary/aromatic N) is 3. The molecule has 0 atom stereocenters. The van der Waals surface area contributed by atoms with Crippen LogP contribution in [0.3, 0.4) is 0 Å². The van der Waals surface area contributed by atoms with Crippen LogP contribution in [-0.4, -0.2) is 27.8 Å². The van der Waals surface area contributed by atoms with Crippen molar-refractivity contribution in [1.29, 1.82) is 0 Å². The normalized spacial score (nSPS) is 12.8. The van der Waals surface area contributed by atoms with Gasteiger partial charge in [0.05, 0.1) is 17.1 Å². The Morgan fingerprint density at radius 3 is 2.11 bits per heavy atom. The van der Waals surface area contributed by atoms with Gasteiger partial charge >= 0.3 is 0 Å². The van der Waals surface area contributed by atoms with Gasteiger partial charge in [-0.3, -0.25) is 9.36 Å². The number of imidazole rings is 1. The molecule has 0 radical (unpaired) electrons. The number of aromatic nitrogens is 2. The maximum Gasteiger partial charge on any atom is 0.237 e. The van der Waals surface area contributed by atoms with Crippen LogP contribution in [0.1, 0.15) is 12.0 Å². The number of hydrogen-bond acceptors (Lipinski definition) is 3. The lowest BCUT2D eigenvalue weighted by molar-refractivity contribution is -0.116. The van der Waals surface area contributed by atoms with Gasteiger partial charge in [-0.25, -0.2) is 4.98 Å². The van der Waals surface area contributed by atoms with Crippen LogP contribution in [0.5, 0.6) is 0 Å². The molecule has 5 aromatic rings. The Labute approximate surface area is 221 Å². The maximum absolute atomic E-state index is 13.5. The molecule has 1 aliphatic rings. The molecule has 0 saturated heterocycles. The summed E-state index contributed by atoms with van der Waals surface area (Å²) in [5.41, 5.74) is 7.38. The third-order valence-electron chi connectivity index (χ3n) is 6.69. The van der Waals surface area contributed by atoms with E-state index in [-0.39, 0.29) is 5.91 Å². The summed E-state index contributed by atoms with van der Waals surface area (Å²) in [6.07, 6.45) is 2.01. The first kappa shape index (κ1) is 23.3. The van der Waals surface area contributed by atoms with E-state index in [9.17, 15) is 4.79 Å². The Bertz CT molecular complexity index is 1510. The number of fused-ring (bicyclic) bond motifs is 1. The predicted molar refractivity (Wildman–Crippen MR) is 152 cm³/mol. The molecule has 182 valence electrons. The van der Waals surface area contributed by atoms with E-state index in [2.05, 4.69) is 71.3 Å². The summed E-state index contributed by atoms with van der Waals surface area (Å²) in [5.74, 6) is 0.433. The minimum atomic E-state index is 0.113. The zero-order chi connectivity index (χ0) is 25.0. The molecular formula is C32H27N3OS. The largest absolute Gasteiger partial charge is 0.311 e. The number of hydrogen-bond donors (Lipinski definition) is 0. The van der Waals surface area contributed by atoms with Crippen molar-refractivity contribution in [2.75, 3.05) is 17.2 Å². The van der Waals surface area contributed by atoms with Gasteiger partial charge in [-0.2, -0.15) is 0 Å². The minimum Gasteiger partial charge on any atom is -0.311 e. The lowest BCUT2D eigenvalue weighted by Gasteiger charge is -2.29. The fourth-order valence-corrected chi connectivity index (χ4v) is 5.86. The number of aryl methyl sites for hydroxylation is 1. The second-order valence-electron chi connectivity index (χ2n) is 9.06. The van der Waals surface area contributed by atoms with E-state index in [0.717, 1.165) is 58.4 Å². The Morgan fingerprint density at radius 1 is 0.757 bits per heavy atom. The number of thioether (sulfide) groups is 1. The molecule has 2 heterocycles. The van der Waals surface area contributed by atoms with Gasteiger partial charge in [0, 0.05) is 29.0 Å². The number of para-hydroxylation sites is 2. The molecule has 0 spiro atoms. The summed E-state index contributed by atoms with van der Waals surface area (Å²) in [6, 6.07) is 39.2. The molecule has 1 aliphatic heterocycles. The van der Waals surface area contributed by atoms with Crippen LogP contribution in [0.15, 0.2) is 120 Å². The molecular weight excluding hydrogens is 474 g/mol. The fraction of sp³-hybridized carbons (Fsp3) is 0.125. The summed E-state index contributed by atoms with van der Waals surface area (Å²) in [5, 5.41) is 0.808. The van der Waals surface area contributed by atoms with Crippen molar-refractivity contribution < 1.29 is 4.79 Å². The van der Waals surface area contributed by atoms with E-state index in [1.807, 2.05) is 53.4 Å². The Kier molecular flexibility index (Phi) is 6.61. The number of carbonyl (C=O) groups excluding carboxylic acids is 1. The number of carbonyl (C=O) groups is 1. The summed E-state index contributed by atoms with van der Waals surface area (Å²) < 4.78 is 2.19. The number of benzene rings is 4. The molecule has 0 unspecified atom stereocenters. The lowest BCUT2D eigenvalue weighted by atomic mass is 10.0. The summed E-state index contributed by atoms with van der Waals surface area (Å²) >= 11 is 1.50. The topological polar surface area (TPSA) is 38.1 Å². The smallest absolute Gasteiger partial charge is 0.237 e. The Hall–Kier alpha value is -4.09. The Balaban J connectivity index is 1.42. The SMILES string of the molecule is O=C(CSc1nc(-c2ccccc2)c(-c2ccccc2)n1-c1ccccc1)N1CCCc2ccccc21. The summed E-state index contributed by atoms with van der Waals surface area (Å²) in [4.78, 5) is 20.6. The average molecular weight is 502 g/mol. The first-order chi connectivity index (χ1) is 18.3. The van der Waals surface area contributed by atoms with Crippen LogP contribution in [0.25, 0.3) is 28.2 Å². The van der Waals surface area contributed by atoms with Crippen LogP contribution in [0.4, 0.5) is 5.69 Å². The highest BCUT2D eigenvalue weighted by Crippen LogP contribution is 2.38. The Morgan fingerprint density at radius 2 is 1.38 bits per heavy atom. The first-order valence-corrected chi connectivity index (χ1v) is 13.6. The van der Waals surface area contributed by atoms with Crippen molar-refractivity contribution in [3.05, 3.63) is 121 Å². The van der Waals surface area contributed by atoms with Crippen molar-refractivity contribution in [3.63, 3.8) is 0 Å². The highest BCUT2D eigenvalue weighted by molar-refractivity contribution is 7.99. The van der Waals surface area contributed by atoms with E-state index in [1.165, 1.54) is 17.3 Å². The monoisotopic (exact) mass is 501 g/mol. The van der Waals surface area contributed by atoms with E-state index >= 15 is 0 Å². The first-order valence-electron chi connectivity index (χ1n) is 12.6. The highest BCUT2D eigenvalue weighted by atomic mass is 32.2. The summed E-state index contributed by atoms with van der Waals surface area (Å²) in [6.45, 7) is 0.758. The molecule has 0 aliphatic carbocycles. The predicted octanol–water partition coefficient (Wildman–Crippen LogP) is 7.28. The lowest BCUT2D eigenvalue weighted by Crippen LogP contribution is -2.36. The van der Waals surface area contributed by atoms with Crippen molar-refractivity contribution in [1.82, 2.24) is 9.55 Å². The average Bonchev–Trinajstić information content (AvgIpc) is 3.36. The van der Waals surface area contributed by atoms with Crippen LogP contribution < -0.4 is 4.90 Å². The van der Waals surface area contributed by atoms with Crippen molar-refractivity contribution in [2.45, 2.75) is 18.0 Å². The van der Waals surface area contributed by atoms with Gasteiger partial charge in [-0.15, -0.1) is 0 Å². The van der Waals surface area contributed by atoms with Gasteiger partial charge in [-0.1, -0.05) is 109 Å². The number of rotatable bonds is 6. The third kappa shape index (κ3) is 4.70. The van der Waals surface area contributed by atoms with E-state index in [0.29, 0.717) is 5.75 Å². The van der Waals surface area contributed by atoms with Crippen molar-refractivity contribution in [2.24, 2.45) is 0 Å². The maximum atomic E-state index is 13.5. The van der Waals surface area contributed by atoms with Crippen LogP contribution >= 0.6 is 11.8 Å². The van der Waals surface area contributed by atoms with Gasteiger partial charge in [0.2, 0.25) is 5.91 Å². The second kappa shape index (κ2) is 10.5. The molecule has 0 saturated carbocycles. The van der Waals surface area contributed by atoms with Gasteiger partial charge in [0.15, 0.2) is 5.16 Å². The number of amides is 1. The van der Waals surface area contributed by atoms with Gasteiger partial charge in [0.1, 0.15) is 0 Å². The van der Waals surface area contributed by atoms with Gasteiger partial charge in [-0.05, 0) is 36.6 Å². The van der Waals surface area contributed by atoms with Gasteiger partial charge < -0.3 is 4.90 Å². The minimum absolute atomic E-state index is 0.113. The number of anilines is 1. The molecule has 6 rings (SSSR count). The summed E-state index contributed by atoms with van der Waals surface area (Å²) in [7, 11) is 0. The van der Waals surface area contributed by atoms with Crippen molar-refractivity contribution in [3.8, 4) is 28.2 Å². The van der Waals surface area contributed by atoms with E-state index in [1.54, 1.807) is 0 Å². The highest BCUT2D eigenvalue weighted by Gasteiger charge is 2.25. The molecule has 5 heteroatoms. The molecule has 4 nitrogen and oxygen atoms in total.